The van der Waals surface area contributed by atoms with Gasteiger partial charge in [0.2, 0.25) is 5.91 Å². The summed E-state index contributed by atoms with van der Waals surface area (Å²) in [7, 11) is 1.87. The first kappa shape index (κ1) is 9.04. The lowest BCUT2D eigenvalue weighted by Gasteiger charge is -2.17. The van der Waals surface area contributed by atoms with Crippen molar-refractivity contribution < 1.29 is 4.79 Å². The van der Waals surface area contributed by atoms with Gasteiger partial charge >= 0.3 is 0 Å². The van der Waals surface area contributed by atoms with Crippen LogP contribution in [0.3, 0.4) is 0 Å². The van der Waals surface area contributed by atoms with E-state index in [0.717, 1.165) is 12.5 Å². The lowest BCUT2D eigenvalue weighted by Crippen LogP contribution is -2.33. The summed E-state index contributed by atoms with van der Waals surface area (Å²) >= 11 is 3.26. The number of rotatable bonds is 3. The average Bonchev–Trinajstić information content (AvgIpc) is 2.69. The third-order valence-corrected chi connectivity index (χ3v) is 2.34. The molecule has 1 aliphatic carbocycles. The first-order chi connectivity index (χ1) is 5.11. The molecule has 1 unspecified atom stereocenters. The highest BCUT2D eigenvalue weighted by Gasteiger charge is 2.25. The van der Waals surface area contributed by atoms with Crippen LogP contribution in [0.5, 0.6) is 0 Å². The summed E-state index contributed by atoms with van der Waals surface area (Å²) in [5.74, 6) is 0.979. The molecule has 11 heavy (non-hydrogen) atoms. The van der Waals surface area contributed by atoms with E-state index in [1.807, 2.05) is 18.9 Å². The van der Waals surface area contributed by atoms with Crippen molar-refractivity contribution in [2.24, 2.45) is 5.92 Å². The van der Waals surface area contributed by atoms with Gasteiger partial charge in [-0.1, -0.05) is 15.9 Å². The molecule has 3 heteroatoms. The van der Waals surface area contributed by atoms with Crippen LogP contribution in [0, 0.1) is 5.92 Å². The lowest BCUT2D eigenvalue weighted by molar-refractivity contribution is -0.129. The Morgan fingerprint density at radius 1 is 1.73 bits per heavy atom. The van der Waals surface area contributed by atoms with E-state index in [0.29, 0.717) is 0 Å². The summed E-state index contributed by atoms with van der Waals surface area (Å²) < 4.78 is 0. The molecule has 1 fully saturated rings. The fraction of sp³-hybridized carbons (Fsp3) is 0.875. The van der Waals surface area contributed by atoms with E-state index in [1.165, 1.54) is 12.8 Å². The quantitative estimate of drug-likeness (QED) is 0.662. The van der Waals surface area contributed by atoms with Crippen molar-refractivity contribution in [3.8, 4) is 0 Å². The SMILES string of the molecule is CC(Br)C(=O)N(C)CC1CC1. The normalized spacial score (nSPS) is 19.5. The van der Waals surface area contributed by atoms with Crippen molar-refractivity contribution in [2.45, 2.75) is 24.6 Å². The van der Waals surface area contributed by atoms with Gasteiger partial charge in [-0.25, -0.2) is 0 Å². The van der Waals surface area contributed by atoms with E-state index >= 15 is 0 Å². The molecule has 0 spiro atoms. The van der Waals surface area contributed by atoms with E-state index in [-0.39, 0.29) is 10.7 Å². The number of alkyl halides is 1. The number of amides is 1. The highest BCUT2D eigenvalue weighted by Crippen LogP contribution is 2.29. The maximum absolute atomic E-state index is 11.3. The van der Waals surface area contributed by atoms with Gasteiger partial charge in [-0.15, -0.1) is 0 Å². The van der Waals surface area contributed by atoms with Crippen molar-refractivity contribution >= 4 is 21.8 Å². The van der Waals surface area contributed by atoms with Gasteiger partial charge < -0.3 is 4.90 Å². The molecule has 64 valence electrons. The predicted octanol–water partition coefficient (Wildman–Crippen LogP) is 1.64. The number of carbonyl (C=O) groups excluding carboxylic acids is 1. The number of hydrogen-bond acceptors (Lipinski definition) is 1. The molecule has 0 aromatic carbocycles. The molecule has 0 N–H and O–H groups in total. The minimum absolute atomic E-state index is 0.0359. The Kier molecular flexibility index (Phi) is 2.93. The van der Waals surface area contributed by atoms with E-state index in [4.69, 9.17) is 0 Å². The molecule has 1 rings (SSSR count). The lowest BCUT2D eigenvalue weighted by atomic mass is 10.3. The molecule has 1 amide bonds. The molecular weight excluding hydrogens is 206 g/mol. The van der Waals surface area contributed by atoms with Crippen molar-refractivity contribution in [1.82, 2.24) is 4.90 Å². The number of carbonyl (C=O) groups is 1. The van der Waals surface area contributed by atoms with Gasteiger partial charge in [0.1, 0.15) is 0 Å². The zero-order chi connectivity index (χ0) is 8.43. The Labute approximate surface area is 76.1 Å². The molecular formula is C8H14BrNO. The molecule has 2 nitrogen and oxygen atoms in total. The number of halogens is 1. The van der Waals surface area contributed by atoms with Gasteiger partial charge in [0, 0.05) is 13.6 Å². The fourth-order valence-corrected chi connectivity index (χ4v) is 1.43. The Balaban J connectivity index is 2.26. The summed E-state index contributed by atoms with van der Waals surface area (Å²) in [5, 5.41) is 0. The molecule has 0 heterocycles. The minimum atomic E-state index is -0.0359. The Bertz CT molecular complexity index is 154. The predicted molar refractivity (Wildman–Crippen MR) is 48.8 cm³/mol. The van der Waals surface area contributed by atoms with Gasteiger partial charge in [-0.05, 0) is 25.7 Å². The Morgan fingerprint density at radius 3 is 2.64 bits per heavy atom. The van der Waals surface area contributed by atoms with Gasteiger partial charge in [0.15, 0.2) is 0 Å². The van der Waals surface area contributed by atoms with Crippen LogP contribution in [0.25, 0.3) is 0 Å². The van der Waals surface area contributed by atoms with Crippen LogP contribution in [0.1, 0.15) is 19.8 Å². The van der Waals surface area contributed by atoms with Crippen LogP contribution in [0.4, 0.5) is 0 Å². The van der Waals surface area contributed by atoms with E-state index in [9.17, 15) is 4.79 Å². The van der Waals surface area contributed by atoms with Gasteiger partial charge in [0.25, 0.3) is 0 Å². The average molecular weight is 220 g/mol. The molecule has 1 saturated carbocycles. The topological polar surface area (TPSA) is 20.3 Å². The van der Waals surface area contributed by atoms with Crippen LogP contribution in [-0.4, -0.2) is 29.2 Å². The molecule has 0 aliphatic heterocycles. The second-order valence-electron chi connectivity index (χ2n) is 3.28. The molecule has 0 bridgehead atoms. The van der Waals surface area contributed by atoms with Crippen molar-refractivity contribution in [1.29, 1.82) is 0 Å². The zero-order valence-corrected chi connectivity index (χ0v) is 8.60. The number of hydrogen-bond donors (Lipinski definition) is 0. The Morgan fingerprint density at radius 2 is 2.27 bits per heavy atom. The molecule has 1 aliphatic rings. The summed E-state index contributed by atoms with van der Waals surface area (Å²) in [4.78, 5) is 13.1. The largest absolute Gasteiger partial charge is 0.345 e. The van der Waals surface area contributed by atoms with Gasteiger partial charge in [0.05, 0.1) is 4.83 Å². The highest BCUT2D eigenvalue weighted by molar-refractivity contribution is 9.10. The fourth-order valence-electron chi connectivity index (χ4n) is 1.08. The van der Waals surface area contributed by atoms with E-state index in [1.54, 1.807) is 0 Å². The minimum Gasteiger partial charge on any atom is -0.345 e. The van der Waals surface area contributed by atoms with Crippen LogP contribution < -0.4 is 0 Å². The molecule has 0 aromatic heterocycles. The second-order valence-corrected chi connectivity index (χ2v) is 4.65. The first-order valence-electron chi connectivity index (χ1n) is 4.00. The van der Waals surface area contributed by atoms with Crippen molar-refractivity contribution in [3.05, 3.63) is 0 Å². The Hall–Kier alpha value is -0.0500. The highest BCUT2D eigenvalue weighted by atomic mass is 79.9. The summed E-state index contributed by atoms with van der Waals surface area (Å²) in [6.07, 6.45) is 2.60. The van der Waals surface area contributed by atoms with Gasteiger partial charge in [-0.2, -0.15) is 0 Å². The first-order valence-corrected chi connectivity index (χ1v) is 4.92. The summed E-state index contributed by atoms with van der Waals surface area (Å²) in [6.45, 7) is 2.81. The standard InChI is InChI=1S/C8H14BrNO/c1-6(9)8(11)10(2)5-7-3-4-7/h6-7H,3-5H2,1-2H3. The van der Waals surface area contributed by atoms with E-state index < -0.39 is 0 Å². The summed E-state index contributed by atoms with van der Waals surface area (Å²) in [6, 6.07) is 0. The summed E-state index contributed by atoms with van der Waals surface area (Å²) in [5.41, 5.74) is 0. The van der Waals surface area contributed by atoms with Crippen LogP contribution >= 0.6 is 15.9 Å². The molecule has 1 atom stereocenters. The van der Waals surface area contributed by atoms with Crippen LogP contribution in [-0.2, 0) is 4.79 Å². The van der Waals surface area contributed by atoms with Crippen LogP contribution in [0.15, 0.2) is 0 Å². The van der Waals surface area contributed by atoms with E-state index in [2.05, 4.69) is 15.9 Å². The van der Waals surface area contributed by atoms with Crippen molar-refractivity contribution in [3.63, 3.8) is 0 Å². The molecule has 0 radical (unpaired) electrons. The monoisotopic (exact) mass is 219 g/mol. The van der Waals surface area contributed by atoms with Crippen LogP contribution in [0.2, 0.25) is 0 Å². The zero-order valence-electron chi connectivity index (χ0n) is 7.01. The second kappa shape index (κ2) is 3.57. The maximum Gasteiger partial charge on any atom is 0.235 e. The maximum atomic E-state index is 11.3. The molecule has 0 saturated heterocycles. The third kappa shape index (κ3) is 2.81. The number of nitrogens with zero attached hydrogens (tertiary/aromatic N) is 1. The smallest absolute Gasteiger partial charge is 0.235 e. The molecule has 0 aromatic rings. The van der Waals surface area contributed by atoms with Crippen molar-refractivity contribution in [2.75, 3.05) is 13.6 Å². The van der Waals surface area contributed by atoms with Gasteiger partial charge in [-0.3, -0.25) is 4.79 Å². The third-order valence-electron chi connectivity index (χ3n) is 1.95.